The van der Waals surface area contributed by atoms with E-state index in [2.05, 4.69) is 15.3 Å². The second kappa shape index (κ2) is 11.1. The van der Waals surface area contributed by atoms with Crippen LogP contribution in [0.4, 0.5) is 10.1 Å². The summed E-state index contributed by atoms with van der Waals surface area (Å²) >= 11 is 0. The molecule has 0 aliphatic rings. The van der Waals surface area contributed by atoms with Crippen LogP contribution in [0, 0.1) is 5.82 Å². The summed E-state index contributed by atoms with van der Waals surface area (Å²) in [7, 11) is 1.54. The summed E-state index contributed by atoms with van der Waals surface area (Å²) < 4.78 is 23.7. The van der Waals surface area contributed by atoms with Crippen molar-refractivity contribution in [1.29, 1.82) is 0 Å². The minimum atomic E-state index is -1.06. The van der Waals surface area contributed by atoms with E-state index in [1.54, 1.807) is 54.7 Å². The molecular formula is C26H23FN4O4. The van der Waals surface area contributed by atoms with Crippen LogP contribution in [0.25, 0.3) is 0 Å². The third-order valence-corrected chi connectivity index (χ3v) is 5.33. The highest BCUT2D eigenvalue weighted by molar-refractivity contribution is 6.09. The minimum absolute atomic E-state index is 0.0438. The third-order valence-electron chi connectivity index (χ3n) is 5.33. The maximum atomic E-state index is 13.5. The van der Waals surface area contributed by atoms with Gasteiger partial charge in [-0.05, 0) is 54.4 Å². The van der Waals surface area contributed by atoms with Gasteiger partial charge in [-0.25, -0.2) is 9.37 Å². The fourth-order valence-corrected chi connectivity index (χ4v) is 3.64. The number of pyridine rings is 1. The normalized spacial score (nSPS) is 11.5. The first-order chi connectivity index (χ1) is 17.1. The summed E-state index contributed by atoms with van der Waals surface area (Å²) in [5, 5.41) is 2.87. The Morgan fingerprint density at radius 2 is 1.97 bits per heavy atom. The van der Waals surface area contributed by atoms with Gasteiger partial charge < -0.3 is 14.5 Å². The Bertz CT molecular complexity index is 1260. The van der Waals surface area contributed by atoms with E-state index in [1.807, 2.05) is 0 Å². The number of oxazole rings is 1. The molecule has 4 rings (SSSR count). The molecule has 0 bridgehead atoms. The van der Waals surface area contributed by atoms with E-state index in [1.165, 1.54) is 36.6 Å². The number of hydrogen-bond donors (Lipinski definition) is 1. The largest absolute Gasteiger partial charge is 0.497 e. The molecule has 0 spiro atoms. The van der Waals surface area contributed by atoms with Crippen molar-refractivity contribution >= 4 is 17.5 Å². The number of carbonyl (C=O) groups excluding carboxylic acids is 2. The van der Waals surface area contributed by atoms with Crippen LogP contribution in [-0.4, -0.2) is 35.4 Å². The average molecular weight is 474 g/mol. The standard InChI is InChI=1S/C26H23FN4O4/c1-34-22-9-7-21(8-10-22)31(26(33)23-16-35-17-30-23)24(19-5-3-12-28-15-19)25(32)29-13-11-18-4-2-6-20(27)14-18/h2-10,12,14-17,24H,11,13H2,1H3,(H,29,32). The Labute approximate surface area is 201 Å². The van der Waals surface area contributed by atoms with Crippen LogP contribution < -0.4 is 15.0 Å². The number of nitrogens with zero attached hydrogens (tertiary/aromatic N) is 3. The zero-order valence-electron chi connectivity index (χ0n) is 18.9. The zero-order chi connectivity index (χ0) is 24.6. The van der Waals surface area contributed by atoms with Crippen molar-refractivity contribution in [2.24, 2.45) is 0 Å². The third kappa shape index (κ3) is 5.70. The number of halogens is 1. The van der Waals surface area contributed by atoms with Crippen LogP contribution in [0.5, 0.6) is 5.75 Å². The Morgan fingerprint density at radius 3 is 2.63 bits per heavy atom. The fraction of sp³-hybridized carbons (Fsp3) is 0.154. The Hall–Kier alpha value is -4.53. The molecule has 0 saturated carbocycles. The van der Waals surface area contributed by atoms with Gasteiger partial charge in [-0.1, -0.05) is 18.2 Å². The molecular weight excluding hydrogens is 451 g/mol. The second-order valence-electron chi connectivity index (χ2n) is 7.61. The number of anilines is 1. The van der Waals surface area contributed by atoms with Crippen LogP contribution in [-0.2, 0) is 11.2 Å². The number of methoxy groups -OCH3 is 1. The highest BCUT2D eigenvalue weighted by Crippen LogP contribution is 2.30. The quantitative estimate of drug-likeness (QED) is 0.394. The maximum absolute atomic E-state index is 13.5. The van der Waals surface area contributed by atoms with Gasteiger partial charge in [0, 0.05) is 30.2 Å². The van der Waals surface area contributed by atoms with Gasteiger partial charge in [-0.3, -0.25) is 19.5 Å². The number of amides is 2. The van der Waals surface area contributed by atoms with Crippen molar-refractivity contribution in [2.75, 3.05) is 18.6 Å². The van der Waals surface area contributed by atoms with Crippen molar-refractivity contribution in [3.05, 3.63) is 108 Å². The van der Waals surface area contributed by atoms with E-state index < -0.39 is 17.9 Å². The van der Waals surface area contributed by atoms with E-state index in [4.69, 9.17) is 9.15 Å². The van der Waals surface area contributed by atoms with Crippen LogP contribution >= 0.6 is 0 Å². The highest BCUT2D eigenvalue weighted by Gasteiger charge is 2.34. The number of nitrogens with one attached hydrogen (secondary N) is 1. The first-order valence-corrected chi connectivity index (χ1v) is 10.8. The smallest absolute Gasteiger partial charge is 0.281 e. The Balaban J connectivity index is 1.67. The maximum Gasteiger partial charge on any atom is 0.281 e. The van der Waals surface area contributed by atoms with E-state index in [-0.39, 0.29) is 18.1 Å². The molecule has 1 atom stereocenters. The SMILES string of the molecule is COc1ccc(N(C(=O)c2cocn2)C(C(=O)NCCc2cccc(F)c2)c2cccnc2)cc1. The summed E-state index contributed by atoms with van der Waals surface area (Å²) in [6, 6.07) is 15.3. The second-order valence-corrected chi connectivity index (χ2v) is 7.61. The van der Waals surface area contributed by atoms with E-state index in [0.717, 1.165) is 12.0 Å². The van der Waals surface area contributed by atoms with Crippen molar-refractivity contribution in [1.82, 2.24) is 15.3 Å². The molecule has 1 unspecified atom stereocenters. The van der Waals surface area contributed by atoms with Crippen molar-refractivity contribution in [3.8, 4) is 5.75 Å². The van der Waals surface area contributed by atoms with Gasteiger partial charge in [0.05, 0.1) is 7.11 Å². The lowest BCUT2D eigenvalue weighted by atomic mass is 10.0. The van der Waals surface area contributed by atoms with Crippen LogP contribution in [0.15, 0.2) is 90.1 Å². The highest BCUT2D eigenvalue weighted by atomic mass is 19.1. The van der Waals surface area contributed by atoms with Gasteiger partial charge in [0.2, 0.25) is 5.91 Å². The van der Waals surface area contributed by atoms with Gasteiger partial charge in [0.1, 0.15) is 23.9 Å². The molecule has 2 amide bonds. The molecule has 178 valence electrons. The molecule has 0 fully saturated rings. The lowest BCUT2D eigenvalue weighted by Crippen LogP contribution is -2.44. The fourth-order valence-electron chi connectivity index (χ4n) is 3.64. The molecule has 8 nitrogen and oxygen atoms in total. The zero-order valence-corrected chi connectivity index (χ0v) is 18.9. The molecule has 0 radical (unpaired) electrons. The molecule has 9 heteroatoms. The Kier molecular flexibility index (Phi) is 7.47. The molecule has 0 aliphatic heterocycles. The molecule has 2 heterocycles. The number of rotatable bonds is 9. The van der Waals surface area contributed by atoms with Crippen LogP contribution in [0.2, 0.25) is 0 Å². The number of hydrogen-bond acceptors (Lipinski definition) is 6. The van der Waals surface area contributed by atoms with Crippen LogP contribution in [0.1, 0.15) is 27.7 Å². The number of ether oxygens (including phenoxy) is 1. The predicted molar refractivity (Wildman–Crippen MR) is 126 cm³/mol. The van der Waals surface area contributed by atoms with Crippen molar-refractivity contribution in [3.63, 3.8) is 0 Å². The average Bonchev–Trinajstić information content (AvgIpc) is 3.43. The molecule has 4 aromatic rings. The topological polar surface area (TPSA) is 97.6 Å². The van der Waals surface area contributed by atoms with Gasteiger partial charge in [0.15, 0.2) is 12.1 Å². The molecule has 1 N–H and O–H groups in total. The first-order valence-electron chi connectivity index (χ1n) is 10.8. The van der Waals surface area contributed by atoms with Gasteiger partial charge in [-0.15, -0.1) is 0 Å². The lowest BCUT2D eigenvalue weighted by molar-refractivity contribution is -0.122. The summed E-state index contributed by atoms with van der Waals surface area (Å²) in [6.07, 6.45) is 5.91. The summed E-state index contributed by atoms with van der Waals surface area (Å²) in [5.41, 5.74) is 1.74. The van der Waals surface area contributed by atoms with Crippen LogP contribution in [0.3, 0.4) is 0 Å². The minimum Gasteiger partial charge on any atom is -0.497 e. The Morgan fingerprint density at radius 1 is 1.14 bits per heavy atom. The molecule has 2 aromatic carbocycles. The predicted octanol–water partition coefficient (Wildman–Crippen LogP) is 3.96. The molecule has 35 heavy (non-hydrogen) atoms. The van der Waals surface area contributed by atoms with E-state index >= 15 is 0 Å². The first kappa shape index (κ1) is 23.6. The summed E-state index contributed by atoms with van der Waals surface area (Å²) in [4.78, 5) is 36.5. The van der Waals surface area contributed by atoms with Gasteiger partial charge in [0.25, 0.3) is 5.91 Å². The van der Waals surface area contributed by atoms with Crippen molar-refractivity contribution in [2.45, 2.75) is 12.5 Å². The number of carbonyl (C=O) groups is 2. The summed E-state index contributed by atoms with van der Waals surface area (Å²) in [5.74, 6) is -0.703. The monoisotopic (exact) mass is 474 g/mol. The van der Waals surface area contributed by atoms with Gasteiger partial charge >= 0.3 is 0 Å². The van der Waals surface area contributed by atoms with E-state index in [0.29, 0.717) is 23.4 Å². The van der Waals surface area contributed by atoms with Gasteiger partial charge in [-0.2, -0.15) is 0 Å². The number of benzene rings is 2. The molecule has 2 aromatic heterocycles. The van der Waals surface area contributed by atoms with E-state index in [9.17, 15) is 14.0 Å². The summed E-state index contributed by atoms with van der Waals surface area (Å²) in [6.45, 7) is 0.244. The number of aromatic nitrogens is 2. The molecule has 0 aliphatic carbocycles. The molecule has 0 saturated heterocycles. The van der Waals surface area contributed by atoms with Crippen molar-refractivity contribution < 1.29 is 23.1 Å². The lowest BCUT2D eigenvalue weighted by Gasteiger charge is -2.30.